The predicted octanol–water partition coefficient (Wildman–Crippen LogP) is -0.105. The fourth-order valence-electron chi connectivity index (χ4n) is 2.99. The molecular weight excluding hydrogens is 368 g/mol. The summed E-state index contributed by atoms with van der Waals surface area (Å²) in [6.07, 6.45) is -10.3. The van der Waals surface area contributed by atoms with Crippen molar-refractivity contribution in [2.45, 2.75) is 36.6 Å². The first-order valence-corrected chi connectivity index (χ1v) is 8.64. The van der Waals surface area contributed by atoms with Crippen molar-refractivity contribution in [3.8, 4) is 0 Å². The van der Waals surface area contributed by atoms with Gasteiger partial charge in [-0.2, -0.15) is 0 Å². The minimum Gasteiger partial charge on any atom is -0.453 e. The molecule has 0 saturated heterocycles. The van der Waals surface area contributed by atoms with Crippen molar-refractivity contribution in [2.24, 2.45) is 0 Å². The number of aliphatic hydroxyl groups excluding tert-OH is 4. The molecule has 2 aromatic carbocycles. The van der Waals surface area contributed by atoms with Crippen LogP contribution in [0.4, 0.5) is 0 Å². The third kappa shape index (κ3) is 4.05. The topological polar surface area (TPSA) is 134 Å². The summed E-state index contributed by atoms with van der Waals surface area (Å²) in [7, 11) is 0. The number of rotatable bonds is 4. The van der Waals surface area contributed by atoms with Crippen molar-refractivity contribution in [2.75, 3.05) is 0 Å². The van der Waals surface area contributed by atoms with Gasteiger partial charge in [0, 0.05) is 0 Å². The van der Waals surface area contributed by atoms with E-state index in [1.165, 1.54) is 24.3 Å². The number of esters is 2. The van der Waals surface area contributed by atoms with Gasteiger partial charge >= 0.3 is 11.9 Å². The van der Waals surface area contributed by atoms with Crippen LogP contribution in [0.5, 0.6) is 0 Å². The molecule has 4 N–H and O–H groups in total. The van der Waals surface area contributed by atoms with Gasteiger partial charge in [-0.1, -0.05) is 36.4 Å². The third-order valence-corrected chi connectivity index (χ3v) is 4.55. The number of hydrogen-bond donors (Lipinski definition) is 4. The van der Waals surface area contributed by atoms with E-state index in [9.17, 15) is 30.0 Å². The van der Waals surface area contributed by atoms with Crippen LogP contribution < -0.4 is 0 Å². The van der Waals surface area contributed by atoms with Gasteiger partial charge in [0.1, 0.15) is 24.4 Å². The van der Waals surface area contributed by atoms with E-state index in [2.05, 4.69) is 0 Å². The van der Waals surface area contributed by atoms with E-state index in [4.69, 9.17) is 9.47 Å². The zero-order valence-corrected chi connectivity index (χ0v) is 14.7. The predicted molar refractivity (Wildman–Crippen MR) is 95.3 cm³/mol. The Bertz CT molecular complexity index is 724. The van der Waals surface area contributed by atoms with Crippen molar-refractivity contribution in [3.63, 3.8) is 0 Å². The Labute approximate surface area is 160 Å². The first kappa shape index (κ1) is 20.0. The van der Waals surface area contributed by atoms with Crippen molar-refractivity contribution in [1.29, 1.82) is 0 Å². The normalized spacial score (nSPS) is 29.7. The molecule has 6 atom stereocenters. The van der Waals surface area contributed by atoms with Crippen LogP contribution in [0.15, 0.2) is 60.7 Å². The highest BCUT2D eigenvalue weighted by Gasteiger charge is 2.52. The molecule has 2 aromatic rings. The molecule has 3 rings (SSSR count). The summed E-state index contributed by atoms with van der Waals surface area (Å²) in [6.45, 7) is 0. The fraction of sp³-hybridized carbons (Fsp3) is 0.300. The minimum atomic E-state index is -1.78. The second kappa shape index (κ2) is 8.49. The lowest BCUT2D eigenvalue weighted by Gasteiger charge is -2.42. The molecule has 1 fully saturated rings. The third-order valence-electron chi connectivity index (χ3n) is 4.55. The summed E-state index contributed by atoms with van der Waals surface area (Å²) in [4.78, 5) is 24.3. The molecule has 8 heteroatoms. The molecule has 1 saturated carbocycles. The molecule has 0 spiro atoms. The van der Waals surface area contributed by atoms with E-state index >= 15 is 0 Å². The molecule has 8 nitrogen and oxygen atoms in total. The summed E-state index contributed by atoms with van der Waals surface area (Å²) in [5.41, 5.74) is 0.340. The Morgan fingerprint density at radius 2 is 0.857 bits per heavy atom. The zero-order chi connectivity index (χ0) is 20.3. The Kier molecular flexibility index (Phi) is 6.05. The van der Waals surface area contributed by atoms with Crippen LogP contribution in [0.25, 0.3) is 0 Å². The molecule has 148 valence electrons. The Morgan fingerprint density at radius 1 is 0.571 bits per heavy atom. The highest BCUT2D eigenvalue weighted by Crippen LogP contribution is 2.27. The maximum Gasteiger partial charge on any atom is 0.338 e. The van der Waals surface area contributed by atoms with Crippen molar-refractivity contribution in [3.05, 3.63) is 71.8 Å². The molecule has 0 bridgehead atoms. The summed E-state index contributed by atoms with van der Waals surface area (Å²) >= 11 is 0. The Hall–Kier alpha value is -2.78. The van der Waals surface area contributed by atoms with Gasteiger partial charge in [-0.05, 0) is 24.3 Å². The van der Waals surface area contributed by atoms with E-state index in [1.54, 1.807) is 36.4 Å². The molecule has 28 heavy (non-hydrogen) atoms. The molecule has 0 amide bonds. The minimum absolute atomic E-state index is 0.170. The molecule has 0 heterocycles. The standard InChI is InChI=1S/C20H20O8/c21-13-15(23)18(28-20(26)12-9-5-2-6-10-12)16(24)14(22)17(13)27-19(25)11-7-3-1-4-8-11/h1-10,13-18,21-24H/t13-,14-,15-,16+,17?,18?/m1/s1. The van der Waals surface area contributed by atoms with Crippen molar-refractivity contribution >= 4 is 11.9 Å². The molecule has 0 aliphatic heterocycles. The largest absolute Gasteiger partial charge is 0.453 e. The molecular formula is C20H20O8. The molecule has 0 aromatic heterocycles. The number of aliphatic hydroxyl groups is 4. The van der Waals surface area contributed by atoms with Gasteiger partial charge in [-0.25, -0.2) is 9.59 Å². The van der Waals surface area contributed by atoms with Gasteiger partial charge in [0.25, 0.3) is 0 Å². The number of ether oxygens (including phenoxy) is 2. The SMILES string of the molecule is O=C(OC1[C@@H](O)[C@@H](O)C(OC(=O)c2ccccc2)[C@H](O)[C@H]1O)c1ccccc1. The Balaban J connectivity index is 1.72. The van der Waals surface area contributed by atoms with Gasteiger partial charge in [-0.15, -0.1) is 0 Å². The lowest BCUT2D eigenvalue weighted by molar-refractivity contribution is -0.223. The van der Waals surface area contributed by atoms with E-state index in [1.807, 2.05) is 0 Å². The van der Waals surface area contributed by atoms with Crippen molar-refractivity contribution < 1.29 is 39.5 Å². The van der Waals surface area contributed by atoms with E-state index in [-0.39, 0.29) is 11.1 Å². The lowest BCUT2D eigenvalue weighted by Crippen LogP contribution is -2.65. The zero-order valence-electron chi connectivity index (χ0n) is 14.7. The highest BCUT2D eigenvalue weighted by atomic mass is 16.6. The van der Waals surface area contributed by atoms with Crippen LogP contribution >= 0.6 is 0 Å². The van der Waals surface area contributed by atoms with Crippen LogP contribution in [-0.2, 0) is 9.47 Å². The van der Waals surface area contributed by atoms with E-state index in [0.29, 0.717) is 0 Å². The van der Waals surface area contributed by atoms with Gasteiger partial charge in [-0.3, -0.25) is 0 Å². The molecule has 0 radical (unpaired) electrons. The van der Waals surface area contributed by atoms with E-state index in [0.717, 1.165) is 0 Å². The number of benzene rings is 2. The lowest BCUT2D eigenvalue weighted by atomic mass is 9.84. The Morgan fingerprint density at radius 3 is 1.14 bits per heavy atom. The van der Waals surface area contributed by atoms with Gasteiger partial charge in [0.2, 0.25) is 0 Å². The summed E-state index contributed by atoms with van der Waals surface area (Å²) in [5, 5.41) is 41.1. The molecule has 1 aliphatic rings. The molecule has 2 unspecified atom stereocenters. The van der Waals surface area contributed by atoms with Gasteiger partial charge < -0.3 is 29.9 Å². The van der Waals surface area contributed by atoms with Gasteiger partial charge in [0.05, 0.1) is 11.1 Å². The quantitative estimate of drug-likeness (QED) is 0.534. The van der Waals surface area contributed by atoms with Crippen LogP contribution in [0, 0.1) is 0 Å². The smallest absolute Gasteiger partial charge is 0.338 e. The van der Waals surface area contributed by atoms with Crippen LogP contribution in [-0.4, -0.2) is 69.0 Å². The number of carbonyl (C=O) groups is 2. The summed E-state index contributed by atoms with van der Waals surface area (Å²) in [5.74, 6) is -1.69. The fourth-order valence-corrected chi connectivity index (χ4v) is 2.99. The van der Waals surface area contributed by atoms with Crippen LogP contribution in [0.3, 0.4) is 0 Å². The summed E-state index contributed by atoms with van der Waals surface area (Å²) in [6, 6.07) is 15.7. The van der Waals surface area contributed by atoms with Crippen LogP contribution in [0.1, 0.15) is 20.7 Å². The van der Waals surface area contributed by atoms with Crippen LogP contribution in [0.2, 0.25) is 0 Å². The number of carbonyl (C=O) groups excluding carboxylic acids is 2. The second-order valence-electron chi connectivity index (χ2n) is 6.43. The maximum atomic E-state index is 12.2. The maximum absolute atomic E-state index is 12.2. The van der Waals surface area contributed by atoms with Crippen molar-refractivity contribution in [1.82, 2.24) is 0 Å². The number of hydrogen-bond acceptors (Lipinski definition) is 8. The first-order valence-electron chi connectivity index (χ1n) is 8.64. The highest BCUT2D eigenvalue weighted by molar-refractivity contribution is 5.90. The van der Waals surface area contributed by atoms with E-state index < -0.39 is 48.6 Å². The first-order chi connectivity index (χ1) is 13.4. The second-order valence-corrected chi connectivity index (χ2v) is 6.43. The van der Waals surface area contributed by atoms with Gasteiger partial charge in [0.15, 0.2) is 12.2 Å². The average Bonchev–Trinajstić information content (AvgIpc) is 2.73. The monoisotopic (exact) mass is 388 g/mol. The average molecular weight is 388 g/mol. The summed E-state index contributed by atoms with van der Waals surface area (Å²) < 4.78 is 10.2. The molecule has 1 aliphatic carbocycles.